The van der Waals surface area contributed by atoms with E-state index >= 15 is 0 Å². The number of aromatic amines is 3. The van der Waals surface area contributed by atoms with Crippen molar-refractivity contribution in [3.63, 3.8) is 0 Å². The van der Waals surface area contributed by atoms with E-state index in [0.29, 0.717) is 85.3 Å². The lowest BCUT2D eigenvalue weighted by Crippen LogP contribution is -2.37. The molecule has 6 heterocycles. The molecule has 672 valence electrons. The van der Waals surface area contributed by atoms with E-state index < -0.39 is 51.6 Å². The first kappa shape index (κ1) is 93.8. The Morgan fingerprint density at radius 2 is 0.917 bits per heavy atom. The molecular weight excluding hydrogens is 1740 g/mol. The molecule has 133 heavy (non-hydrogen) atoms. The van der Waals surface area contributed by atoms with Crippen molar-refractivity contribution in [2.24, 2.45) is 7.05 Å². The molecule has 0 saturated carbocycles. The number of carbonyl (C=O) groups is 6. The Morgan fingerprint density at radius 3 is 1.38 bits per heavy atom. The summed E-state index contributed by atoms with van der Waals surface area (Å²) in [4.78, 5) is 79.0. The molecule has 5 aromatic heterocycles. The molecule has 1 fully saturated rings. The van der Waals surface area contributed by atoms with Crippen molar-refractivity contribution < 1.29 is 68.8 Å². The molecule has 1 saturated heterocycles. The summed E-state index contributed by atoms with van der Waals surface area (Å²) in [6.07, 6.45) is 15.5. The van der Waals surface area contributed by atoms with Crippen LogP contribution < -0.4 is 37.6 Å². The van der Waals surface area contributed by atoms with Gasteiger partial charge in [-0.1, -0.05) is 133 Å². The summed E-state index contributed by atoms with van der Waals surface area (Å²) >= 11 is 1.50. The van der Waals surface area contributed by atoms with Gasteiger partial charge < -0.3 is 37.6 Å². The average molecular weight is 1820 g/mol. The van der Waals surface area contributed by atoms with Crippen molar-refractivity contribution in [3.8, 4) is 0 Å². The van der Waals surface area contributed by atoms with Gasteiger partial charge in [0.25, 0.3) is 0 Å². The predicted octanol–water partition coefficient (Wildman–Crippen LogP) is 22.2. The highest BCUT2D eigenvalue weighted by Gasteiger charge is 2.28. The van der Waals surface area contributed by atoms with E-state index in [2.05, 4.69) is 116 Å². The minimum Gasteiger partial charge on any atom is -0.396 e. The molecule has 12 aromatic carbocycles. The second-order valence-electron chi connectivity index (χ2n) is 30.3. The fraction of sp³-hybridized carbons (Fsp3) is 0.100. The Balaban J connectivity index is 0.000000139. The van der Waals surface area contributed by atoms with Crippen LogP contribution in [0.3, 0.4) is 0 Å². The second kappa shape index (κ2) is 42.8. The number of aryl methyl sites for hydroxylation is 3. The van der Waals surface area contributed by atoms with Crippen LogP contribution in [0.5, 0.6) is 0 Å². The quantitative estimate of drug-likeness (QED) is 0.0176. The summed E-state index contributed by atoms with van der Waals surface area (Å²) < 4.78 is 110. The maximum absolute atomic E-state index is 14.5. The smallest absolute Gasteiger partial charge is 0.305 e. The fourth-order valence-corrected chi connectivity index (χ4v) is 14.6. The maximum atomic E-state index is 14.5. The van der Waals surface area contributed by atoms with E-state index in [1.807, 2.05) is 85.1 Å². The number of amides is 6. The third-order valence-electron chi connectivity index (χ3n) is 20.4. The number of aromatic nitrogens is 8. The van der Waals surface area contributed by atoms with Crippen LogP contribution in [0.2, 0.25) is 0 Å². The van der Waals surface area contributed by atoms with Gasteiger partial charge in [-0.05, 0) is 184 Å². The zero-order valence-corrected chi connectivity index (χ0v) is 72.5. The van der Waals surface area contributed by atoms with Gasteiger partial charge in [-0.25, -0.2) is 30.7 Å². The van der Waals surface area contributed by atoms with Crippen LogP contribution in [-0.2, 0) is 42.2 Å². The third-order valence-corrected chi connectivity index (χ3v) is 21.3. The first-order valence-corrected chi connectivity index (χ1v) is 41.8. The van der Waals surface area contributed by atoms with Crippen molar-refractivity contribution in [2.75, 3.05) is 32.3 Å². The standard InChI is InChI=1S/C25H18FN3OS.C24H19FN4O2.C17H13F2N3O.C16H13F2N3.C9H9FN2O3.C9H10FNO/c26-21-15-23-20(14-24(21)27-25(30)13-19-6-3-11-31-19)22(28-29-23)10-8-16-7-9-17-4-1-2-5-18(17)12-16;25-18-13-21-17(12-22(18)27-24(31)20-9-10-23(30)26-20)19(28-29-21)8-6-14-5-7-15-3-1-2-4-16(15)11-14;1-10(23)20-17-8-13-15(21-22-16(13)9-14(17)19)6-5-11-3-2-4-12(18)7-11;1-21-16-9-13(18)14(19)8-12(16)15(20-21)6-5-10-3-2-4-11(17)7-10;1-5-3-9(12(14)15)7(10)4-8(5)11-6(2)13;1-6-3-4-8(10)5-9(6)11-7(2)12/h1-12,14-15H,13H2,(H,27,30)(H,28,29);1-8,11-13,20H,9-10H2,(H,26,30)(H,27,31)(H,28,29);2-9H,1H3,(H,20,23)(H,21,22);2-9H,19H2,1H3;3-4H,1-2H3,(H,11,13);3-5H,1-2H3,(H,11,12)/b10-8+;8-6+;2*6-5+;;/t;20-;;;;/m.0..../s1. The molecule has 1 atom stereocenters. The van der Waals surface area contributed by atoms with Gasteiger partial charge in [0.15, 0.2) is 0 Å². The van der Waals surface area contributed by atoms with E-state index in [0.717, 1.165) is 60.8 Å². The van der Waals surface area contributed by atoms with Crippen LogP contribution in [0.25, 0.3) is 114 Å². The Kier molecular flexibility index (Phi) is 30.2. The summed E-state index contributed by atoms with van der Waals surface area (Å²) in [5.74, 6) is -5.77. The molecule has 24 nitrogen and oxygen atoms in total. The summed E-state index contributed by atoms with van der Waals surface area (Å²) in [5.41, 5.74) is 15.7. The number of nitrogens with two attached hydrogens (primary N) is 1. The highest BCUT2D eigenvalue weighted by molar-refractivity contribution is 7.10. The lowest BCUT2D eigenvalue weighted by atomic mass is 10.1. The van der Waals surface area contributed by atoms with Crippen LogP contribution in [-0.4, -0.2) is 86.8 Å². The van der Waals surface area contributed by atoms with Crippen molar-refractivity contribution >= 4 is 200 Å². The highest BCUT2D eigenvalue weighted by Crippen LogP contribution is 2.33. The van der Waals surface area contributed by atoms with E-state index in [9.17, 15) is 74.0 Å². The molecule has 33 heteroatoms. The van der Waals surface area contributed by atoms with E-state index in [4.69, 9.17) is 5.73 Å². The number of anilines is 6. The topological polar surface area (TPSA) is 348 Å². The molecule has 0 unspecified atom stereocenters. The summed E-state index contributed by atoms with van der Waals surface area (Å²) in [6, 6.07) is 62.1. The van der Waals surface area contributed by atoms with Gasteiger partial charge in [0.2, 0.25) is 41.3 Å². The number of benzene rings is 12. The first-order chi connectivity index (χ1) is 63.8. The van der Waals surface area contributed by atoms with Crippen LogP contribution in [0, 0.1) is 70.5 Å². The zero-order chi connectivity index (χ0) is 94.7. The number of nitrogens with zero attached hydrogens (tertiary/aromatic N) is 6. The number of nitrogens with one attached hydrogen (secondary N) is 9. The number of thiophene rings is 1. The average Bonchev–Trinajstić information content (AvgIpc) is 1.63. The van der Waals surface area contributed by atoms with Crippen LogP contribution >= 0.6 is 11.3 Å². The number of carbonyl (C=O) groups excluding carboxylic acids is 6. The molecule has 17 aromatic rings. The van der Waals surface area contributed by atoms with Crippen molar-refractivity contribution in [1.82, 2.24) is 45.7 Å². The normalized spacial score (nSPS) is 12.2. The molecule has 0 bridgehead atoms. The van der Waals surface area contributed by atoms with E-state index in [1.54, 1.807) is 91.5 Å². The summed E-state index contributed by atoms with van der Waals surface area (Å²) in [6.45, 7) is 7.34. The van der Waals surface area contributed by atoms with Gasteiger partial charge in [0, 0.05) is 108 Å². The van der Waals surface area contributed by atoms with E-state index in [-0.39, 0.29) is 81.8 Å². The number of nitro benzene ring substituents is 1. The number of hydrogen-bond donors (Lipinski definition) is 10. The first-order valence-electron chi connectivity index (χ1n) is 40.9. The molecule has 18 rings (SSSR count). The molecule has 6 amide bonds. The Hall–Kier alpha value is -16.8. The molecule has 0 aliphatic carbocycles. The SMILES string of the molecule is CC(=O)Nc1cc(F)c([N+](=O)[O-])cc1C.CC(=O)Nc1cc(F)ccc1C.CC(=O)Nc1cc2c(/C=C/c3cccc(F)c3)n[nH]c2cc1F.Cn1nc(/C=C/c2cccc(F)c2)c2cc(N)c(F)cc21.O=C(Cc1cccs1)Nc1cc2c(/C=C/c3ccc4ccccc4c3)n[nH]c2cc1F.O=C1CC[C@@H](C(=O)Nc2cc3c(/C=C/c4ccc5ccccc5c4)n[nH]c3cc2F)N1. The number of nitro groups is 1. The van der Waals surface area contributed by atoms with Gasteiger partial charge in [-0.15, -0.1) is 11.3 Å². The van der Waals surface area contributed by atoms with Gasteiger partial charge >= 0.3 is 5.69 Å². The Labute approximate surface area is 757 Å². The van der Waals surface area contributed by atoms with Crippen LogP contribution in [0.4, 0.5) is 74.9 Å². The number of rotatable bonds is 17. The van der Waals surface area contributed by atoms with Crippen LogP contribution in [0.15, 0.2) is 230 Å². The predicted molar refractivity (Wildman–Crippen MR) is 508 cm³/mol. The van der Waals surface area contributed by atoms with Gasteiger partial charge in [0.05, 0.1) is 78.9 Å². The largest absolute Gasteiger partial charge is 0.396 e. The summed E-state index contributed by atoms with van der Waals surface area (Å²) in [7, 11) is 1.73. The maximum Gasteiger partial charge on any atom is 0.305 e. The molecule has 0 radical (unpaired) electrons. The van der Waals surface area contributed by atoms with Crippen LogP contribution in [0.1, 0.15) is 94.6 Å². The summed E-state index contributed by atoms with van der Waals surface area (Å²) in [5, 5.41) is 60.4. The van der Waals surface area contributed by atoms with Crippen molar-refractivity contribution in [1.29, 1.82) is 0 Å². The molecule has 0 spiro atoms. The zero-order valence-electron chi connectivity index (χ0n) is 71.7. The second-order valence-corrected chi connectivity index (χ2v) is 31.4. The van der Waals surface area contributed by atoms with Gasteiger partial charge in [-0.2, -0.15) is 24.8 Å². The number of halogens is 8. The highest BCUT2D eigenvalue weighted by atomic mass is 32.1. The Morgan fingerprint density at radius 1 is 0.459 bits per heavy atom. The van der Waals surface area contributed by atoms with Gasteiger partial charge in [0.1, 0.15) is 46.8 Å². The number of H-pyrrole nitrogens is 3. The molecule has 1 aliphatic heterocycles. The molecular formula is C100H82F8N16O8S. The van der Waals surface area contributed by atoms with Gasteiger partial charge in [-0.3, -0.25) is 58.9 Å². The molecule has 11 N–H and O–H groups in total. The number of nitrogen functional groups attached to an aromatic ring is 1. The monoisotopic (exact) mass is 1820 g/mol. The Bertz CT molecular complexity index is 7430. The minimum absolute atomic E-state index is 0.0559. The number of hydrogen-bond acceptors (Lipinski definition) is 14. The third kappa shape index (κ3) is 24.9. The minimum atomic E-state index is -0.964. The lowest BCUT2D eigenvalue weighted by molar-refractivity contribution is -0.387. The number of fused-ring (bicyclic) bond motifs is 6. The fourth-order valence-electron chi connectivity index (χ4n) is 13.9. The molecule has 1 aliphatic rings. The van der Waals surface area contributed by atoms with Crippen molar-refractivity contribution in [3.05, 3.63) is 348 Å². The van der Waals surface area contributed by atoms with Crippen molar-refractivity contribution in [2.45, 2.75) is 59.9 Å². The lowest BCUT2D eigenvalue weighted by Gasteiger charge is -2.11. The van der Waals surface area contributed by atoms with E-state index in [1.165, 1.54) is 110 Å².